The monoisotopic (exact) mass is 140 g/mol. The van der Waals surface area contributed by atoms with Crippen LogP contribution in [-0.4, -0.2) is 10.2 Å². The van der Waals surface area contributed by atoms with Crippen molar-refractivity contribution in [3.63, 3.8) is 0 Å². The SMILES string of the molecule is CC.CC(C)c1cn[nH]c1. The van der Waals surface area contributed by atoms with Gasteiger partial charge in [0.25, 0.3) is 0 Å². The van der Waals surface area contributed by atoms with Crippen LogP contribution in [0.15, 0.2) is 12.4 Å². The zero-order chi connectivity index (χ0) is 7.98. The Kier molecular flexibility index (Phi) is 4.63. The molecule has 0 saturated heterocycles. The van der Waals surface area contributed by atoms with Gasteiger partial charge in [0, 0.05) is 6.20 Å². The Morgan fingerprint density at radius 1 is 1.40 bits per heavy atom. The van der Waals surface area contributed by atoms with E-state index in [0.29, 0.717) is 5.92 Å². The molecule has 0 saturated carbocycles. The van der Waals surface area contributed by atoms with Crippen molar-refractivity contribution in [3.05, 3.63) is 18.0 Å². The Morgan fingerprint density at radius 3 is 2.20 bits per heavy atom. The maximum absolute atomic E-state index is 3.82. The predicted molar refractivity (Wildman–Crippen MR) is 44.0 cm³/mol. The van der Waals surface area contributed by atoms with E-state index in [9.17, 15) is 0 Å². The van der Waals surface area contributed by atoms with Gasteiger partial charge in [-0.1, -0.05) is 27.7 Å². The molecule has 0 aromatic carbocycles. The zero-order valence-corrected chi connectivity index (χ0v) is 7.18. The molecule has 1 N–H and O–H groups in total. The molecule has 58 valence electrons. The highest BCUT2D eigenvalue weighted by Crippen LogP contribution is 2.09. The first kappa shape index (κ1) is 9.21. The number of aromatic nitrogens is 2. The zero-order valence-electron chi connectivity index (χ0n) is 7.18. The van der Waals surface area contributed by atoms with Crippen LogP contribution < -0.4 is 0 Å². The van der Waals surface area contributed by atoms with E-state index in [1.807, 2.05) is 26.2 Å². The van der Waals surface area contributed by atoms with Crippen LogP contribution >= 0.6 is 0 Å². The molecule has 0 amide bonds. The van der Waals surface area contributed by atoms with Gasteiger partial charge in [-0.15, -0.1) is 0 Å². The van der Waals surface area contributed by atoms with Crippen LogP contribution in [0.1, 0.15) is 39.2 Å². The van der Waals surface area contributed by atoms with E-state index in [2.05, 4.69) is 24.0 Å². The minimum absolute atomic E-state index is 0.591. The van der Waals surface area contributed by atoms with Crippen molar-refractivity contribution in [2.24, 2.45) is 0 Å². The number of nitrogens with zero attached hydrogens (tertiary/aromatic N) is 1. The fourth-order valence-electron chi connectivity index (χ4n) is 0.577. The Balaban J connectivity index is 0.000000371. The highest BCUT2D eigenvalue weighted by molar-refractivity contribution is 5.06. The maximum Gasteiger partial charge on any atom is 0.0521 e. The summed E-state index contributed by atoms with van der Waals surface area (Å²) in [7, 11) is 0. The van der Waals surface area contributed by atoms with E-state index in [-0.39, 0.29) is 0 Å². The third-order valence-corrected chi connectivity index (χ3v) is 1.19. The van der Waals surface area contributed by atoms with E-state index in [4.69, 9.17) is 0 Å². The molecule has 0 spiro atoms. The van der Waals surface area contributed by atoms with Crippen molar-refractivity contribution >= 4 is 0 Å². The van der Waals surface area contributed by atoms with Gasteiger partial charge >= 0.3 is 0 Å². The third kappa shape index (κ3) is 2.67. The molecule has 0 fully saturated rings. The van der Waals surface area contributed by atoms with Crippen LogP contribution in [0.2, 0.25) is 0 Å². The molecule has 0 aliphatic carbocycles. The Morgan fingerprint density at radius 2 is 2.00 bits per heavy atom. The summed E-state index contributed by atoms with van der Waals surface area (Å²) in [4.78, 5) is 0. The lowest BCUT2D eigenvalue weighted by molar-refractivity contribution is 0.868. The van der Waals surface area contributed by atoms with Gasteiger partial charge in [-0.3, -0.25) is 5.10 Å². The molecule has 0 aliphatic heterocycles. The number of nitrogens with one attached hydrogen (secondary N) is 1. The predicted octanol–water partition coefficient (Wildman–Crippen LogP) is 2.56. The fourth-order valence-corrected chi connectivity index (χ4v) is 0.577. The molecule has 1 heterocycles. The minimum Gasteiger partial charge on any atom is -0.285 e. The topological polar surface area (TPSA) is 28.7 Å². The maximum atomic E-state index is 3.82. The van der Waals surface area contributed by atoms with Crippen molar-refractivity contribution in [3.8, 4) is 0 Å². The second-order valence-corrected chi connectivity index (χ2v) is 2.19. The van der Waals surface area contributed by atoms with E-state index < -0.39 is 0 Å². The molecule has 2 heteroatoms. The fraction of sp³-hybridized carbons (Fsp3) is 0.625. The average Bonchev–Trinajstić information content (AvgIpc) is 2.42. The summed E-state index contributed by atoms with van der Waals surface area (Å²) in [5.41, 5.74) is 1.27. The number of H-pyrrole nitrogens is 1. The summed E-state index contributed by atoms with van der Waals surface area (Å²) in [6.07, 6.45) is 3.77. The van der Waals surface area contributed by atoms with Crippen LogP contribution in [0.25, 0.3) is 0 Å². The van der Waals surface area contributed by atoms with E-state index in [1.165, 1.54) is 5.56 Å². The van der Waals surface area contributed by atoms with Crippen molar-refractivity contribution in [2.45, 2.75) is 33.6 Å². The first-order chi connectivity index (χ1) is 4.80. The molecule has 0 aliphatic rings. The smallest absolute Gasteiger partial charge is 0.0521 e. The molecular formula is C8H16N2. The second-order valence-electron chi connectivity index (χ2n) is 2.19. The highest BCUT2D eigenvalue weighted by Gasteiger charge is 1.96. The van der Waals surface area contributed by atoms with Crippen molar-refractivity contribution in [1.82, 2.24) is 10.2 Å². The highest BCUT2D eigenvalue weighted by atomic mass is 15.1. The number of rotatable bonds is 1. The van der Waals surface area contributed by atoms with Gasteiger partial charge in [-0.05, 0) is 11.5 Å². The molecule has 1 aromatic heterocycles. The van der Waals surface area contributed by atoms with Crippen molar-refractivity contribution in [1.29, 1.82) is 0 Å². The van der Waals surface area contributed by atoms with Crippen LogP contribution in [0.3, 0.4) is 0 Å². The Hall–Kier alpha value is -0.790. The molecular weight excluding hydrogens is 124 g/mol. The molecule has 10 heavy (non-hydrogen) atoms. The van der Waals surface area contributed by atoms with Crippen molar-refractivity contribution in [2.75, 3.05) is 0 Å². The summed E-state index contributed by atoms with van der Waals surface area (Å²) < 4.78 is 0. The van der Waals surface area contributed by atoms with Crippen molar-refractivity contribution < 1.29 is 0 Å². The molecule has 1 rings (SSSR count). The lowest BCUT2D eigenvalue weighted by atomic mass is 10.1. The molecule has 0 atom stereocenters. The second kappa shape index (κ2) is 5.03. The summed E-state index contributed by atoms with van der Waals surface area (Å²) in [6, 6.07) is 0. The summed E-state index contributed by atoms with van der Waals surface area (Å²) >= 11 is 0. The minimum atomic E-state index is 0.591. The summed E-state index contributed by atoms with van der Waals surface area (Å²) in [6.45, 7) is 8.29. The molecule has 0 radical (unpaired) electrons. The van der Waals surface area contributed by atoms with Gasteiger partial charge in [0.05, 0.1) is 6.20 Å². The van der Waals surface area contributed by atoms with Gasteiger partial charge in [0.1, 0.15) is 0 Å². The molecule has 0 unspecified atom stereocenters. The summed E-state index contributed by atoms with van der Waals surface area (Å²) in [5, 5.41) is 6.58. The van der Waals surface area contributed by atoms with Gasteiger partial charge in [-0.25, -0.2) is 0 Å². The van der Waals surface area contributed by atoms with E-state index >= 15 is 0 Å². The van der Waals surface area contributed by atoms with Gasteiger partial charge in [0.15, 0.2) is 0 Å². The largest absolute Gasteiger partial charge is 0.285 e. The lowest BCUT2D eigenvalue weighted by Crippen LogP contribution is -1.80. The van der Waals surface area contributed by atoms with E-state index in [1.54, 1.807) is 0 Å². The normalized spacial score (nSPS) is 8.90. The molecule has 0 bridgehead atoms. The summed E-state index contributed by atoms with van der Waals surface area (Å²) in [5.74, 6) is 0.591. The van der Waals surface area contributed by atoms with Crippen LogP contribution in [-0.2, 0) is 0 Å². The number of hydrogen-bond acceptors (Lipinski definition) is 1. The first-order valence-electron chi connectivity index (χ1n) is 3.79. The number of hydrogen-bond donors (Lipinski definition) is 1. The van der Waals surface area contributed by atoms with Gasteiger partial charge in [-0.2, -0.15) is 5.10 Å². The van der Waals surface area contributed by atoms with Gasteiger partial charge < -0.3 is 0 Å². The average molecular weight is 140 g/mol. The lowest BCUT2D eigenvalue weighted by Gasteiger charge is -1.94. The quantitative estimate of drug-likeness (QED) is 0.638. The van der Waals surface area contributed by atoms with E-state index in [0.717, 1.165) is 0 Å². The standard InChI is InChI=1S/C6H10N2.C2H6/c1-5(2)6-3-7-8-4-6;1-2/h3-5H,1-2H3,(H,7,8);1-2H3. The van der Waals surface area contributed by atoms with Gasteiger partial charge in [0.2, 0.25) is 0 Å². The third-order valence-electron chi connectivity index (χ3n) is 1.19. The molecule has 2 nitrogen and oxygen atoms in total. The Bertz CT molecular complexity index is 142. The first-order valence-corrected chi connectivity index (χ1v) is 3.79. The molecule has 1 aromatic rings. The van der Waals surface area contributed by atoms with Crippen LogP contribution in [0, 0.1) is 0 Å². The van der Waals surface area contributed by atoms with Crippen LogP contribution in [0.5, 0.6) is 0 Å². The Labute approximate surface area is 62.7 Å². The van der Waals surface area contributed by atoms with Crippen LogP contribution in [0.4, 0.5) is 0 Å². The number of aromatic amines is 1.